The molecule has 2 N–H and O–H groups in total. The van der Waals surface area contributed by atoms with Crippen LogP contribution in [0, 0.1) is 16.7 Å². The van der Waals surface area contributed by atoms with Gasteiger partial charge in [0.2, 0.25) is 0 Å². The van der Waals surface area contributed by atoms with E-state index in [2.05, 4.69) is 27.7 Å². The molecule has 1 nitrogen and oxygen atoms in total. The number of unbranched alkanes of at least 4 members (excludes halogenated alkanes) is 1. The molecule has 108 valence electrons. The fraction of sp³-hybridized carbons (Fsp3) is 1.00. The van der Waals surface area contributed by atoms with E-state index in [1.165, 1.54) is 57.8 Å². The van der Waals surface area contributed by atoms with Crippen molar-refractivity contribution in [3.05, 3.63) is 0 Å². The summed E-state index contributed by atoms with van der Waals surface area (Å²) < 4.78 is 0. The summed E-state index contributed by atoms with van der Waals surface area (Å²) in [6.45, 7) is 10.3. The van der Waals surface area contributed by atoms with Crippen molar-refractivity contribution in [2.75, 3.05) is 6.54 Å². The van der Waals surface area contributed by atoms with Crippen LogP contribution in [0.25, 0.3) is 0 Å². The molecule has 0 heterocycles. The molecule has 18 heavy (non-hydrogen) atoms. The van der Waals surface area contributed by atoms with Crippen LogP contribution >= 0.6 is 0 Å². The lowest BCUT2D eigenvalue weighted by molar-refractivity contribution is 0.121. The second-order valence-electron chi connectivity index (χ2n) is 7.85. The van der Waals surface area contributed by atoms with Gasteiger partial charge in [-0.3, -0.25) is 0 Å². The molecule has 0 amide bonds. The van der Waals surface area contributed by atoms with Gasteiger partial charge in [0.05, 0.1) is 0 Å². The van der Waals surface area contributed by atoms with Crippen LogP contribution in [0.4, 0.5) is 0 Å². The largest absolute Gasteiger partial charge is 0.330 e. The molecule has 1 saturated carbocycles. The van der Waals surface area contributed by atoms with Gasteiger partial charge in [-0.05, 0) is 61.8 Å². The maximum absolute atomic E-state index is 6.11. The highest BCUT2D eigenvalue weighted by Crippen LogP contribution is 2.44. The van der Waals surface area contributed by atoms with Crippen molar-refractivity contribution in [1.29, 1.82) is 0 Å². The first-order chi connectivity index (χ1) is 8.41. The van der Waals surface area contributed by atoms with Gasteiger partial charge in [0, 0.05) is 0 Å². The van der Waals surface area contributed by atoms with Crippen molar-refractivity contribution in [3.63, 3.8) is 0 Å². The van der Waals surface area contributed by atoms with Crippen molar-refractivity contribution >= 4 is 0 Å². The Morgan fingerprint density at radius 2 is 1.78 bits per heavy atom. The van der Waals surface area contributed by atoms with Crippen molar-refractivity contribution in [3.8, 4) is 0 Å². The summed E-state index contributed by atoms with van der Waals surface area (Å²) in [4.78, 5) is 0. The first-order valence-corrected chi connectivity index (χ1v) is 8.11. The Hall–Kier alpha value is -0.0400. The summed E-state index contributed by atoms with van der Waals surface area (Å²) in [7, 11) is 0. The Kier molecular flexibility index (Phi) is 6.17. The lowest BCUT2D eigenvalue weighted by atomic mass is 9.66. The molecule has 1 aliphatic rings. The van der Waals surface area contributed by atoms with Crippen molar-refractivity contribution in [2.45, 2.75) is 85.5 Å². The first-order valence-electron chi connectivity index (χ1n) is 8.11. The molecule has 1 aliphatic carbocycles. The highest BCUT2D eigenvalue weighted by molar-refractivity contribution is 4.87. The van der Waals surface area contributed by atoms with E-state index in [0.29, 0.717) is 10.8 Å². The third-order valence-electron chi connectivity index (χ3n) is 4.97. The normalized spacial score (nSPS) is 29.5. The average molecular weight is 253 g/mol. The Labute approximate surface area is 115 Å². The monoisotopic (exact) mass is 253 g/mol. The third-order valence-corrected chi connectivity index (χ3v) is 4.97. The average Bonchev–Trinajstić information content (AvgIpc) is 2.34. The molecule has 1 heteroatoms. The molecule has 0 atom stereocenters. The van der Waals surface area contributed by atoms with Gasteiger partial charge in [-0.1, -0.05) is 47.0 Å². The molecule has 0 saturated heterocycles. The predicted molar refractivity (Wildman–Crippen MR) is 81.7 cm³/mol. The number of hydrogen-bond acceptors (Lipinski definition) is 1. The zero-order valence-corrected chi connectivity index (χ0v) is 13.2. The fourth-order valence-electron chi connectivity index (χ4n) is 3.27. The summed E-state index contributed by atoms with van der Waals surface area (Å²) in [5.41, 5.74) is 7.05. The zero-order chi connectivity index (χ0) is 13.6. The Morgan fingerprint density at radius 3 is 2.22 bits per heavy atom. The molecule has 0 bridgehead atoms. The van der Waals surface area contributed by atoms with E-state index >= 15 is 0 Å². The van der Waals surface area contributed by atoms with Gasteiger partial charge in [-0.2, -0.15) is 0 Å². The standard InChI is InChI=1S/C17H35N/c1-5-6-7-15-8-10-17(14-18,11-9-15)13-12-16(2,3)4/h15H,5-14,18H2,1-4H3. The molecule has 0 aromatic rings. The van der Waals surface area contributed by atoms with Gasteiger partial charge >= 0.3 is 0 Å². The molecule has 0 unspecified atom stereocenters. The second kappa shape index (κ2) is 6.93. The van der Waals surface area contributed by atoms with Gasteiger partial charge in [0.25, 0.3) is 0 Å². The smallest absolute Gasteiger partial charge is 0.00205 e. The van der Waals surface area contributed by atoms with Crippen LogP contribution in [0.1, 0.15) is 85.5 Å². The van der Waals surface area contributed by atoms with Gasteiger partial charge < -0.3 is 5.73 Å². The quantitative estimate of drug-likeness (QED) is 0.697. The molecular weight excluding hydrogens is 218 g/mol. The minimum atomic E-state index is 0.460. The maximum Gasteiger partial charge on any atom is -0.00205 e. The van der Waals surface area contributed by atoms with Crippen molar-refractivity contribution in [2.24, 2.45) is 22.5 Å². The van der Waals surface area contributed by atoms with Crippen LogP contribution in [0.15, 0.2) is 0 Å². The Balaban J connectivity index is 2.39. The summed E-state index contributed by atoms with van der Waals surface area (Å²) in [6.07, 6.45) is 12.5. The van der Waals surface area contributed by atoms with Crippen LogP contribution in [0.3, 0.4) is 0 Å². The minimum absolute atomic E-state index is 0.460. The lowest BCUT2D eigenvalue weighted by Crippen LogP contribution is -2.35. The Morgan fingerprint density at radius 1 is 1.17 bits per heavy atom. The molecular formula is C17H35N. The number of rotatable bonds is 6. The first kappa shape index (κ1) is 16.0. The van der Waals surface area contributed by atoms with E-state index in [1.807, 2.05) is 0 Å². The highest BCUT2D eigenvalue weighted by atomic mass is 14.6. The summed E-state index contributed by atoms with van der Waals surface area (Å²) in [5.74, 6) is 0.999. The molecule has 0 radical (unpaired) electrons. The molecule has 0 aromatic carbocycles. The van der Waals surface area contributed by atoms with Crippen LogP contribution < -0.4 is 5.73 Å². The van der Waals surface area contributed by atoms with E-state index < -0.39 is 0 Å². The lowest BCUT2D eigenvalue weighted by Gasteiger charge is -2.41. The summed E-state index contributed by atoms with van der Waals surface area (Å²) in [5, 5.41) is 0. The second-order valence-corrected chi connectivity index (χ2v) is 7.85. The van der Waals surface area contributed by atoms with E-state index in [1.54, 1.807) is 0 Å². The predicted octanol–water partition coefficient (Wildman–Crippen LogP) is 5.14. The maximum atomic E-state index is 6.11. The van der Waals surface area contributed by atoms with Crippen LogP contribution in [0.2, 0.25) is 0 Å². The summed E-state index contributed by atoms with van der Waals surface area (Å²) >= 11 is 0. The van der Waals surface area contributed by atoms with Crippen molar-refractivity contribution in [1.82, 2.24) is 0 Å². The minimum Gasteiger partial charge on any atom is -0.330 e. The zero-order valence-electron chi connectivity index (χ0n) is 13.2. The fourth-order valence-corrected chi connectivity index (χ4v) is 3.27. The molecule has 0 aromatic heterocycles. The van der Waals surface area contributed by atoms with E-state index in [0.717, 1.165) is 12.5 Å². The summed E-state index contributed by atoms with van der Waals surface area (Å²) in [6, 6.07) is 0. The van der Waals surface area contributed by atoms with Gasteiger partial charge in [-0.25, -0.2) is 0 Å². The molecule has 1 rings (SSSR count). The van der Waals surface area contributed by atoms with E-state index in [4.69, 9.17) is 5.73 Å². The van der Waals surface area contributed by atoms with Crippen LogP contribution in [-0.2, 0) is 0 Å². The molecule has 0 spiro atoms. The SMILES string of the molecule is CCCCC1CCC(CN)(CCC(C)(C)C)CC1. The topological polar surface area (TPSA) is 26.0 Å². The number of hydrogen-bond donors (Lipinski definition) is 1. The van der Waals surface area contributed by atoms with Crippen LogP contribution in [0.5, 0.6) is 0 Å². The van der Waals surface area contributed by atoms with Gasteiger partial charge in [0.1, 0.15) is 0 Å². The highest BCUT2D eigenvalue weighted by Gasteiger charge is 2.34. The van der Waals surface area contributed by atoms with Gasteiger partial charge in [0.15, 0.2) is 0 Å². The van der Waals surface area contributed by atoms with Crippen molar-refractivity contribution < 1.29 is 0 Å². The Bertz CT molecular complexity index is 218. The van der Waals surface area contributed by atoms with E-state index in [-0.39, 0.29) is 0 Å². The van der Waals surface area contributed by atoms with Gasteiger partial charge in [-0.15, -0.1) is 0 Å². The third kappa shape index (κ3) is 5.30. The number of nitrogens with two attached hydrogens (primary N) is 1. The molecule has 0 aliphatic heterocycles. The molecule has 1 fully saturated rings. The van der Waals surface area contributed by atoms with Crippen LogP contribution in [-0.4, -0.2) is 6.54 Å². The van der Waals surface area contributed by atoms with E-state index in [9.17, 15) is 0 Å².